The Balaban J connectivity index is 1.84. The summed E-state index contributed by atoms with van der Waals surface area (Å²) in [4.78, 5) is 24.7. The van der Waals surface area contributed by atoms with Crippen LogP contribution < -0.4 is 0 Å². The Hall–Kier alpha value is -2.45. The number of thiocarbonyl (C=S) groups is 1. The minimum atomic E-state index is -0.473. The summed E-state index contributed by atoms with van der Waals surface area (Å²) >= 11 is 6.40. The third-order valence-electron chi connectivity index (χ3n) is 3.15. The van der Waals surface area contributed by atoms with E-state index in [9.17, 15) is 14.9 Å². The number of rotatable bonds is 4. The molecule has 8 heteroatoms. The second-order valence-corrected chi connectivity index (χ2v) is 6.38. The van der Waals surface area contributed by atoms with Gasteiger partial charge in [0, 0.05) is 12.1 Å². The third-order valence-corrected chi connectivity index (χ3v) is 4.52. The number of carbonyl (C=O) groups is 1. The van der Waals surface area contributed by atoms with Crippen LogP contribution in [0.4, 0.5) is 5.69 Å². The summed E-state index contributed by atoms with van der Waals surface area (Å²) in [5, 5.41) is 10.8. The highest BCUT2D eigenvalue weighted by Gasteiger charge is 2.32. The number of amides is 1. The number of thioether (sulfide) groups is 1. The van der Waals surface area contributed by atoms with E-state index in [1.54, 1.807) is 30.3 Å². The molecule has 0 atom stereocenters. The molecule has 1 saturated heterocycles. The summed E-state index contributed by atoms with van der Waals surface area (Å²) in [6, 6.07) is 9.60. The molecule has 1 aliphatic heterocycles. The molecule has 2 aromatic rings. The maximum atomic E-state index is 12.4. The van der Waals surface area contributed by atoms with E-state index in [2.05, 4.69) is 0 Å². The van der Waals surface area contributed by atoms with Crippen LogP contribution in [-0.2, 0) is 11.3 Å². The van der Waals surface area contributed by atoms with Gasteiger partial charge in [0.05, 0.1) is 22.6 Å². The zero-order valence-corrected chi connectivity index (χ0v) is 13.3. The number of hydrogen-bond acceptors (Lipinski definition) is 6. The lowest BCUT2D eigenvalue weighted by Gasteiger charge is -2.11. The number of carbonyl (C=O) groups excluding carboxylic acids is 1. The number of nitrogens with zero attached hydrogens (tertiary/aromatic N) is 2. The maximum absolute atomic E-state index is 12.4. The fraction of sp³-hybridized carbons (Fsp3) is 0.0667. The fourth-order valence-electron chi connectivity index (χ4n) is 2.07. The van der Waals surface area contributed by atoms with Crippen LogP contribution in [0.5, 0.6) is 0 Å². The van der Waals surface area contributed by atoms with Crippen molar-refractivity contribution < 1.29 is 14.1 Å². The zero-order chi connectivity index (χ0) is 16.4. The average molecular weight is 346 g/mol. The SMILES string of the molecule is O=C1/C(=C\c2cccc([N+](=O)[O-])c2)SC(=S)N1Cc1ccco1. The molecule has 0 radical (unpaired) electrons. The zero-order valence-electron chi connectivity index (χ0n) is 11.7. The van der Waals surface area contributed by atoms with Gasteiger partial charge < -0.3 is 4.42 Å². The van der Waals surface area contributed by atoms with Gasteiger partial charge >= 0.3 is 0 Å². The highest BCUT2D eigenvalue weighted by molar-refractivity contribution is 8.26. The minimum absolute atomic E-state index is 0.0233. The molecular formula is C15H10N2O4S2. The first kappa shape index (κ1) is 15.4. The predicted molar refractivity (Wildman–Crippen MR) is 90.5 cm³/mol. The first-order chi connectivity index (χ1) is 11.0. The van der Waals surface area contributed by atoms with Crippen molar-refractivity contribution in [1.29, 1.82) is 0 Å². The molecule has 0 saturated carbocycles. The van der Waals surface area contributed by atoms with Crippen LogP contribution in [0.15, 0.2) is 52.0 Å². The Kier molecular flexibility index (Phi) is 4.26. The van der Waals surface area contributed by atoms with Gasteiger partial charge in [-0.1, -0.05) is 36.1 Å². The van der Waals surface area contributed by atoms with Crippen LogP contribution >= 0.6 is 24.0 Å². The lowest BCUT2D eigenvalue weighted by Crippen LogP contribution is -2.27. The molecule has 6 nitrogen and oxygen atoms in total. The van der Waals surface area contributed by atoms with Gasteiger partial charge in [-0.25, -0.2) is 0 Å². The molecule has 116 valence electrons. The summed E-state index contributed by atoms with van der Waals surface area (Å²) in [5.74, 6) is 0.404. The summed E-state index contributed by atoms with van der Waals surface area (Å²) < 4.78 is 5.66. The number of hydrogen-bond donors (Lipinski definition) is 0. The summed E-state index contributed by atoms with van der Waals surface area (Å²) in [5.41, 5.74) is 0.558. The fourth-order valence-corrected chi connectivity index (χ4v) is 3.33. The lowest BCUT2D eigenvalue weighted by atomic mass is 10.2. The molecule has 1 aliphatic rings. The quantitative estimate of drug-likeness (QED) is 0.364. The molecule has 0 aliphatic carbocycles. The normalized spacial score (nSPS) is 16.3. The van der Waals surface area contributed by atoms with Crippen molar-refractivity contribution in [1.82, 2.24) is 4.90 Å². The smallest absolute Gasteiger partial charge is 0.270 e. The molecule has 3 rings (SSSR count). The number of benzene rings is 1. The van der Waals surface area contributed by atoms with E-state index in [0.29, 0.717) is 20.5 Å². The molecular weight excluding hydrogens is 336 g/mol. The van der Waals surface area contributed by atoms with Crippen molar-refractivity contribution in [2.24, 2.45) is 0 Å². The van der Waals surface area contributed by atoms with Crippen LogP contribution in [0.1, 0.15) is 11.3 Å². The summed E-state index contributed by atoms with van der Waals surface area (Å²) in [7, 11) is 0. The number of non-ortho nitro benzene ring substituents is 1. The predicted octanol–water partition coefficient (Wildman–Crippen LogP) is 3.59. The van der Waals surface area contributed by atoms with Crippen molar-refractivity contribution in [2.75, 3.05) is 0 Å². The third kappa shape index (κ3) is 3.33. The second kappa shape index (κ2) is 6.35. The van der Waals surface area contributed by atoms with E-state index in [-0.39, 0.29) is 18.1 Å². The van der Waals surface area contributed by atoms with Crippen LogP contribution in [0.25, 0.3) is 6.08 Å². The van der Waals surface area contributed by atoms with Crippen molar-refractivity contribution in [3.8, 4) is 0 Å². The van der Waals surface area contributed by atoms with Crippen molar-refractivity contribution in [2.45, 2.75) is 6.54 Å². The summed E-state index contributed by atoms with van der Waals surface area (Å²) in [6.07, 6.45) is 3.14. The first-order valence-electron chi connectivity index (χ1n) is 6.57. The van der Waals surface area contributed by atoms with Crippen molar-refractivity contribution in [3.63, 3.8) is 0 Å². The lowest BCUT2D eigenvalue weighted by molar-refractivity contribution is -0.384. The van der Waals surface area contributed by atoms with Crippen LogP contribution in [0, 0.1) is 10.1 Å². The average Bonchev–Trinajstić information content (AvgIpc) is 3.12. The van der Waals surface area contributed by atoms with Crippen molar-refractivity contribution >= 4 is 46.0 Å². The highest BCUT2D eigenvalue weighted by Crippen LogP contribution is 2.34. The Bertz CT molecular complexity index is 815. The van der Waals surface area contributed by atoms with E-state index >= 15 is 0 Å². The molecule has 1 fully saturated rings. The van der Waals surface area contributed by atoms with E-state index in [1.165, 1.54) is 35.1 Å². The van der Waals surface area contributed by atoms with E-state index < -0.39 is 4.92 Å². The first-order valence-corrected chi connectivity index (χ1v) is 7.79. The molecule has 0 N–H and O–H groups in total. The van der Waals surface area contributed by atoms with Gasteiger partial charge in [-0.15, -0.1) is 0 Å². The standard InChI is InChI=1S/C15H10N2O4S2/c18-14-13(8-10-3-1-4-11(7-10)17(19)20)23-15(22)16(14)9-12-5-2-6-21-12/h1-8H,9H2/b13-8+. The van der Waals surface area contributed by atoms with Crippen molar-refractivity contribution in [3.05, 3.63) is 69.0 Å². The Morgan fingerprint density at radius 3 is 2.87 bits per heavy atom. The molecule has 23 heavy (non-hydrogen) atoms. The van der Waals surface area contributed by atoms with E-state index in [0.717, 1.165) is 0 Å². The number of nitro benzene ring substituents is 1. The summed E-state index contributed by atoms with van der Waals surface area (Å²) in [6.45, 7) is 0.268. The monoisotopic (exact) mass is 346 g/mol. The largest absolute Gasteiger partial charge is 0.467 e. The van der Waals surface area contributed by atoms with Gasteiger partial charge in [0.2, 0.25) is 0 Å². The van der Waals surface area contributed by atoms with Crippen LogP contribution in [0.3, 0.4) is 0 Å². The van der Waals surface area contributed by atoms with Gasteiger partial charge in [0.1, 0.15) is 10.1 Å². The number of nitro groups is 1. The molecule has 0 unspecified atom stereocenters. The molecule has 0 bridgehead atoms. The Labute approximate surface area is 140 Å². The van der Waals surface area contributed by atoms with Gasteiger partial charge in [0.25, 0.3) is 11.6 Å². The molecule has 1 aromatic carbocycles. The molecule has 0 spiro atoms. The topological polar surface area (TPSA) is 76.6 Å². The van der Waals surface area contributed by atoms with Crippen LogP contribution in [0.2, 0.25) is 0 Å². The van der Waals surface area contributed by atoms with E-state index in [1.807, 2.05) is 0 Å². The highest BCUT2D eigenvalue weighted by atomic mass is 32.2. The Morgan fingerprint density at radius 2 is 2.17 bits per heavy atom. The van der Waals surface area contributed by atoms with Gasteiger partial charge in [-0.2, -0.15) is 0 Å². The van der Waals surface area contributed by atoms with Gasteiger partial charge in [-0.05, 0) is 23.8 Å². The number of furan rings is 1. The minimum Gasteiger partial charge on any atom is -0.467 e. The maximum Gasteiger partial charge on any atom is 0.270 e. The van der Waals surface area contributed by atoms with Crippen LogP contribution in [-0.4, -0.2) is 20.1 Å². The molecule has 1 amide bonds. The Morgan fingerprint density at radius 1 is 1.35 bits per heavy atom. The molecule has 1 aromatic heterocycles. The van der Waals surface area contributed by atoms with Gasteiger partial charge in [-0.3, -0.25) is 19.8 Å². The van der Waals surface area contributed by atoms with Gasteiger partial charge in [0.15, 0.2) is 0 Å². The second-order valence-electron chi connectivity index (χ2n) is 4.70. The van der Waals surface area contributed by atoms with E-state index in [4.69, 9.17) is 16.6 Å². The molecule has 2 heterocycles.